The second-order valence-corrected chi connectivity index (χ2v) is 6.29. The fourth-order valence-corrected chi connectivity index (χ4v) is 2.90. The van der Waals surface area contributed by atoms with E-state index in [9.17, 15) is 0 Å². The highest BCUT2D eigenvalue weighted by molar-refractivity contribution is 5.44. The molecule has 3 nitrogen and oxygen atoms in total. The number of pyridine rings is 1. The van der Waals surface area contributed by atoms with Crippen LogP contribution in [0, 0.1) is 5.92 Å². The number of hydrogen-bond acceptors (Lipinski definition) is 3. The van der Waals surface area contributed by atoms with Gasteiger partial charge in [0.2, 0.25) is 0 Å². The van der Waals surface area contributed by atoms with Crippen molar-refractivity contribution in [3.8, 4) is 0 Å². The minimum Gasteiger partial charge on any atom is -0.354 e. The van der Waals surface area contributed by atoms with Gasteiger partial charge in [0.15, 0.2) is 0 Å². The fourth-order valence-electron chi connectivity index (χ4n) is 2.90. The topological polar surface area (TPSA) is 42.1 Å². The van der Waals surface area contributed by atoms with Crippen molar-refractivity contribution in [2.24, 2.45) is 11.7 Å². The molecule has 19 heavy (non-hydrogen) atoms. The zero-order valence-electron chi connectivity index (χ0n) is 12.7. The van der Waals surface area contributed by atoms with E-state index >= 15 is 0 Å². The summed E-state index contributed by atoms with van der Waals surface area (Å²) in [6, 6.07) is 4.88. The van der Waals surface area contributed by atoms with Gasteiger partial charge in [-0.1, -0.05) is 20.8 Å². The Morgan fingerprint density at radius 1 is 1.37 bits per heavy atom. The van der Waals surface area contributed by atoms with E-state index in [0.717, 1.165) is 24.0 Å². The van der Waals surface area contributed by atoms with Crippen molar-refractivity contribution in [3.63, 3.8) is 0 Å². The molecular formula is C16H27N3. The Hall–Kier alpha value is -1.09. The molecule has 1 aromatic heterocycles. The summed E-state index contributed by atoms with van der Waals surface area (Å²) in [5.74, 6) is 2.39. The zero-order chi connectivity index (χ0) is 14.0. The Morgan fingerprint density at radius 3 is 2.68 bits per heavy atom. The number of hydrogen-bond donors (Lipinski definition) is 1. The molecule has 1 fully saturated rings. The van der Waals surface area contributed by atoms with Gasteiger partial charge in [-0.2, -0.15) is 0 Å². The zero-order valence-corrected chi connectivity index (χ0v) is 12.7. The molecule has 0 bridgehead atoms. The first-order valence-electron chi connectivity index (χ1n) is 7.48. The number of rotatable bonds is 3. The molecule has 1 aromatic rings. The van der Waals surface area contributed by atoms with Gasteiger partial charge in [0.05, 0.1) is 0 Å². The first-order valence-corrected chi connectivity index (χ1v) is 7.48. The molecule has 2 N–H and O–H groups in total. The van der Waals surface area contributed by atoms with Crippen LogP contribution >= 0.6 is 0 Å². The third-order valence-corrected chi connectivity index (χ3v) is 4.15. The molecular weight excluding hydrogens is 234 g/mol. The summed E-state index contributed by atoms with van der Waals surface area (Å²) in [6.45, 7) is 10.7. The SMILES string of the molecule is CC1CCN(c2cc(CN)cc(C(C)C)n2)C(C)C1. The lowest BCUT2D eigenvalue weighted by molar-refractivity contribution is 0.375. The van der Waals surface area contributed by atoms with E-state index in [2.05, 4.69) is 44.7 Å². The Labute approximate surface area is 117 Å². The van der Waals surface area contributed by atoms with Gasteiger partial charge in [-0.25, -0.2) is 4.98 Å². The minimum absolute atomic E-state index is 0.448. The van der Waals surface area contributed by atoms with Crippen LogP contribution in [0.5, 0.6) is 0 Å². The fraction of sp³-hybridized carbons (Fsp3) is 0.688. The molecule has 1 aliphatic heterocycles. The van der Waals surface area contributed by atoms with Gasteiger partial charge in [-0.15, -0.1) is 0 Å². The number of aromatic nitrogens is 1. The molecule has 0 spiro atoms. The summed E-state index contributed by atoms with van der Waals surface area (Å²) in [5.41, 5.74) is 8.18. The quantitative estimate of drug-likeness (QED) is 0.908. The highest BCUT2D eigenvalue weighted by atomic mass is 15.2. The second kappa shape index (κ2) is 5.91. The van der Waals surface area contributed by atoms with Crippen LogP contribution in [-0.2, 0) is 6.54 Å². The average molecular weight is 261 g/mol. The number of piperidine rings is 1. The first-order chi connectivity index (χ1) is 9.01. The van der Waals surface area contributed by atoms with Crippen LogP contribution in [0.4, 0.5) is 5.82 Å². The van der Waals surface area contributed by atoms with Crippen LogP contribution in [-0.4, -0.2) is 17.6 Å². The summed E-state index contributed by atoms with van der Waals surface area (Å²) in [7, 11) is 0. The van der Waals surface area contributed by atoms with Crippen LogP contribution in [0.15, 0.2) is 12.1 Å². The van der Waals surface area contributed by atoms with Gasteiger partial charge < -0.3 is 10.6 Å². The Bertz CT molecular complexity index is 428. The van der Waals surface area contributed by atoms with Crippen LogP contribution < -0.4 is 10.6 Å². The summed E-state index contributed by atoms with van der Waals surface area (Å²) in [6.07, 6.45) is 2.52. The standard InChI is InChI=1S/C16H27N3/c1-11(2)15-8-14(10-17)9-16(18-15)19-6-5-12(3)7-13(19)4/h8-9,11-13H,5-7,10,17H2,1-4H3. The van der Waals surface area contributed by atoms with E-state index in [-0.39, 0.29) is 0 Å². The van der Waals surface area contributed by atoms with E-state index in [1.165, 1.54) is 18.4 Å². The molecule has 2 rings (SSSR count). The van der Waals surface area contributed by atoms with Crippen molar-refractivity contribution in [2.45, 2.75) is 59.0 Å². The van der Waals surface area contributed by atoms with Gasteiger partial charge in [-0.3, -0.25) is 0 Å². The molecule has 0 radical (unpaired) electrons. The first kappa shape index (κ1) is 14.3. The van der Waals surface area contributed by atoms with Crippen molar-refractivity contribution in [3.05, 3.63) is 23.4 Å². The molecule has 2 unspecified atom stereocenters. The van der Waals surface area contributed by atoms with Crippen molar-refractivity contribution >= 4 is 5.82 Å². The highest BCUT2D eigenvalue weighted by Crippen LogP contribution is 2.28. The maximum absolute atomic E-state index is 5.83. The van der Waals surface area contributed by atoms with Crippen LogP contribution in [0.1, 0.15) is 57.7 Å². The van der Waals surface area contributed by atoms with Crippen LogP contribution in [0.3, 0.4) is 0 Å². The second-order valence-electron chi connectivity index (χ2n) is 6.29. The Kier molecular flexibility index (Phi) is 4.46. The van der Waals surface area contributed by atoms with E-state index in [1.807, 2.05) is 0 Å². The predicted molar refractivity (Wildman–Crippen MR) is 81.4 cm³/mol. The minimum atomic E-state index is 0.448. The molecule has 0 amide bonds. The lowest BCUT2D eigenvalue weighted by Crippen LogP contribution is -2.40. The molecule has 2 heterocycles. The van der Waals surface area contributed by atoms with Gasteiger partial charge in [0, 0.05) is 24.8 Å². The Morgan fingerprint density at radius 2 is 2.11 bits per heavy atom. The largest absolute Gasteiger partial charge is 0.354 e. The molecule has 1 saturated heterocycles. The van der Waals surface area contributed by atoms with Crippen LogP contribution in [0.25, 0.3) is 0 Å². The summed E-state index contributed by atoms with van der Waals surface area (Å²) < 4.78 is 0. The lowest BCUT2D eigenvalue weighted by Gasteiger charge is -2.37. The van der Waals surface area contributed by atoms with Crippen molar-refractivity contribution in [1.82, 2.24) is 4.98 Å². The van der Waals surface area contributed by atoms with Crippen molar-refractivity contribution < 1.29 is 0 Å². The monoisotopic (exact) mass is 261 g/mol. The Balaban J connectivity index is 2.30. The highest BCUT2D eigenvalue weighted by Gasteiger charge is 2.24. The molecule has 1 aliphatic rings. The molecule has 3 heteroatoms. The maximum atomic E-state index is 5.83. The molecule has 2 atom stereocenters. The van der Waals surface area contributed by atoms with E-state index in [0.29, 0.717) is 18.5 Å². The third-order valence-electron chi connectivity index (χ3n) is 4.15. The van der Waals surface area contributed by atoms with Crippen molar-refractivity contribution in [1.29, 1.82) is 0 Å². The summed E-state index contributed by atoms with van der Waals surface area (Å²) in [5, 5.41) is 0. The smallest absolute Gasteiger partial charge is 0.129 e. The molecule has 0 aromatic carbocycles. The normalized spacial score (nSPS) is 24.0. The maximum Gasteiger partial charge on any atom is 0.129 e. The summed E-state index contributed by atoms with van der Waals surface area (Å²) >= 11 is 0. The van der Waals surface area contributed by atoms with Gasteiger partial charge in [0.1, 0.15) is 5.82 Å². The molecule has 106 valence electrons. The van der Waals surface area contributed by atoms with Crippen LogP contribution in [0.2, 0.25) is 0 Å². The van der Waals surface area contributed by atoms with E-state index in [1.54, 1.807) is 0 Å². The van der Waals surface area contributed by atoms with Gasteiger partial charge in [0.25, 0.3) is 0 Å². The van der Waals surface area contributed by atoms with E-state index in [4.69, 9.17) is 10.7 Å². The third kappa shape index (κ3) is 3.27. The van der Waals surface area contributed by atoms with Gasteiger partial charge >= 0.3 is 0 Å². The van der Waals surface area contributed by atoms with Crippen molar-refractivity contribution in [2.75, 3.05) is 11.4 Å². The van der Waals surface area contributed by atoms with Gasteiger partial charge in [-0.05, 0) is 49.3 Å². The summed E-state index contributed by atoms with van der Waals surface area (Å²) in [4.78, 5) is 7.30. The number of anilines is 1. The molecule has 0 aliphatic carbocycles. The molecule has 0 saturated carbocycles. The van der Waals surface area contributed by atoms with E-state index < -0.39 is 0 Å². The average Bonchev–Trinajstić information content (AvgIpc) is 2.38. The number of nitrogens with zero attached hydrogens (tertiary/aromatic N) is 2. The lowest BCUT2D eigenvalue weighted by atomic mass is 9.93. The number of nitrogens with two attached hydrogens (primary N) is 1. The predicted octanol–water partition coefficient (Wildman–Crippen LogP) is 3.29.